The highest BCUT2D eigenvalue weighted by atomic mass is 32.1. The molecule has 2 rings (SSSR count). The minimum Gasteiger partial charge on any atom is -0.507 e. The summed E-state index contributed by atoms with van der Waals surface area (Å²) in [6, 6.07) is 13.6. The molecule has 1 N–H and O–H groups in total. The molecular weight excluding hydrogens is 220 g/mol. The maximum atomic E-state index is 12.0. The Hall–Kier alpha value is -1.74. The van der Waals surface area contributed by atoms with Gasteiger partial charge in [-0.3, -0.25) is 4.79 Å². The number of thiol groups is 1. The van der Waals surface area contributed by atoms with Crippen molar-refractivity contribution in [3.63, 3.8) is 0 Å². The number of aromatic hydroxyl groups is 1. The normalized spacial score (nSPS) is 10.1. The number of carbonyl (C=O) groups excluding carboxylic acids is 1. The van der Waals surface area contributed by atoms with E-state index in [0.29, 0.717) is 16.0 Å². The van der Waals surface area contributed by atoms with Crippen LogP contribution in [0.2, 0.25) is 0 Å². The summed E-state index contributed by atoms with van der Waals surface area (Å²) in [5.74, 6) is 0.00356. The van der Waals surface area contributed by atoms with Crippen molar-refractivity contribution in [3.05, 3.63) is 59.7 Å². The zero-order chi connectivity index (χ0) is 11.5. The highest BCUT2D eigenvalue weighted by molar-refractivity contribution is 7.80. The molecule has 0 saturated carbocycles. The topological polar surface area (TPSA) is 37.3 Å². The molecule has 2 aromatic carbocycles. The summed E-state index contributed by atoms with van der Waals surface area (Å²) in [5, 5.41) is 9.31. The maximum Gasteiger partial charge on any atom is 0.193 e. The number of rotatable bonds is 2. The first-order valence-electron chi connectivity index (χ1n) is 4.80. The van der Waals surface area contributed by atoms with Crippen molar-refractivity contribution >= 4 is 18.4 Å². The lowest BCUT2D eigenvalue weighted by Crippen LogP contribution is -2.00. The molecule has 0 aliphatic carbocycles. The Kier molecular flexibility index (Phi) is 2.97. The summed E-state index contributed by atoms with van der Waals surface area (Å²) in [6.07, 6.45) is 0. The molecule has 16 heavy (non-hydrogen) atoms. The zero-order valence-corrected chi connectivity index (χ0v) is 9.32. The molecule has 0 heterocycles. The van der Waals surface area contributed by atoms with E-state index in [-0.39, 0.29) is 11.5 Å². The van der Waals surface area contributed by atoms with E-state index in [1.54, 1.807) is 24.3 Å². The van der Waals surface area contributed by atoms with Crippen LogP contribution in [0.25, 0.3) is 0 Å². The van der Waals surface area contributed by atoms with E-state index >= 15 is 0 Å². The summed E-state index contributed by atoms with van der Waals surface area (Å²) in [5.41, 5.74) is 1.15. The van der Waals surface area contributed by atoms with Gasteiger partial charge in [0.1, 0.15) is 5.75 Å². The molecule has 0 amide bonds. The molecule has 3 heteroatoms. The molecule has 0 aliphatic heterocycles. The van der Waals surface area contributed by atoms with Gasteiger partial charge >= 0.3 is 0 Å². The highest BCUT2D eigenvalue weighted by Gasteiger charge is 2.09. The number of phenolic OH excluding ortho intramolecular Hbond substituents is 1. The first-order valence-corrected chi connectivity index (χ1v) is 5.25. The van der Waals surface area contributed by atoms with Crippen LogP contribution >= 0.6 is 12.6 Å². The van der Waals surface area contributed by atoms with E-state index in [9.17, 15) is 9.90 Å². The molecule has 0 aromatic heterocycles. The van der Waals surface area contributed by atoms with Crippen molar-refractivity contribution in [1.29, 1.82) is 0 Å². The second kappa shape index (κ2) is 4.41. The van der Waals surface area contributed by atoms with E-state index in [2.05, 4.69) is 12.6 Å². The van der Waals surface area contributed by atoms with Gasteiger partial charge in [0.05, 0.1) is 0 Å². The van der Waals surface area contributed by atoms with Crippen molar-refractivity contribution in [3.8, 4) is 5.75 Å². The first-order chi connectivity index (χ1) is 7.68. The molecule has 0 fully saturated rings. The summed E-state index contributed by atoms with van der Waals surface area (Å²) >= 11 is 4.07. The van der Waals surface area contributed by atoms with Crippen molar-refractivity contribution < 1.29 is 9.90 Å². The van der Waals surface area contributed by atoms with Crippen LogP contribution in [-0.4, -0.2) is 10.9 Å². The smallest absolute Gasteiger partial charge is 0.193 e. The minimum atomic E-state index is -0.0732. The van der Waals surface area contributed by atoms with E-state index < -0.39 is 0 Å². The molecule has 0 radical (unpaired) electrons. The van der Waals surface area contributed by atoms with Gasteiger partial charge in [-0.25, -0.2) is 0 Å². The summed E-state index contributed by atoms with van der Waals surface area (Å²) in [6.45, 7) is 0. The Morgan fingerprint density at radius 3 is 2.31 bits per heavy atom. The van der Waals surface area contributed by atoms with Gasteiger partial charge in [0.2, 0.25) is 0 Å². The van der Waals surface area contributed by atoms with Crippen molar-refractivity contribution in [2.45, 2.75) is 4.90 Å². The molecule has 0 unspecified atom stereocenters. The molecule has 0 aliphatic rings. The second-order valence-electron chi connectivity index (χ2n) is 3.40. The largest absolute Gasteiger partial charge is 0.507 e. The lowest BCUT2D eigenvalue weighted by molar-refractivity contribution is 0.103. The number of hydrogen-bond donors (Lipinski definition) is 2. The van der Waals surface area contributed by atoms with Gasteiger partial charge in [0.15, 0.2) is 5.78 Å². The van der Waals surface area contributed by atoms with Crippen molar-refractivity contribution in [1.82, 2.24) is 0 Å². The van der Waals surface area contributed by atoms with Gasteiger partial charge < -0.3 is 5.11 Å². The van der Waals surface area contributed by atoms with Crippen LogP contribution in [-0.2, 0) is 0 Å². The van der Waals surface area contributed by atoms with E-state index in [0.717, 1.165) is 0 Å². The molecule has 0 bridgehead atoms. The van der Waals surface area contributed by atoms with E-state index in [4.69, 9.17) is 0 Å². The number of carbonyl (C=O) groups is 1. The Bertz CT molecular complexity index is 521. The van der Waals surface area contributed by atoms with Crippen LogP contribution in [0.15, 0.2) is 53.4 Å². The highest BCUT2D eigenvalue weighted by Crippen LogP contribution is 2.23. The van der Waals surface area contributed by atoms with Gasteiger partial charge in [-0.1, -0.05) is 30.3 Å². The Labute approximate surface area is 99.0 Å². The Morgan fingerprint density at radius 2 is 1.69 bits per heavy atom. The van der Waals surface area contributed by atoms with Gasteiger partial charge in [0.25, 0.3) is 0 Å². The molecule has 0 atom stereocenters. The monoisotopic (exact) mass is 230 g/mol. The molecule has 0 saturated heterocycles. The predicted molar refractivity (Wildman–Crippen MR) is 65.2 cm³/mol. The fraction of sp³-hybridized carbons (Fsp3) is 0. The van der Waals surface area contributed by atoms with E-state index in [1.165, 1.54) is 6.07 Å². The quantitative estimate of drug-likeness (QED) is 0.615. The average molecular weight is 230 g/mol. The van der Waals surface area contributed by atoms with Crippen LogP contribution in [0, 0.1) is 0 Å². The second-order valence-corrected chi connectivity index (χ2v) is 3.88. The minimum absolute atomic E-state index is 0.0732. The number of hydrogen-bond acceptors (Lipinski definition) is 3. The predicted octanol–water partition coefficient (Wildman–Crippen LogP) is 2.91. The van der Waals surface area contributed by atoms with Gasteiger partial charge in [-0.05, 0) is 18.2 Å². The van der Waals surface area contributed by atoms with Crippen LogP contribution in [0.3, 0.4) is 0 Å². The lowest BCUT2D eigenvalue weighted by Gasteiger charge is -2.03. The van der Waals surface area contributed by atoms with Gasteiger partial charge in [0, 0.05) is 16.0 Å². The summed E-state index contributed by atoms with van der Waals surface area (Å²) in [4.78, 5) is 12.4. The van der Waals surface area contributed by atoms with Gasteiger partial charge in [-0.2, -0.15) is 0 Å². The molecule has 2 aromatic rings. The number of ketones is 1. The van der Waals surface area contributed by atoms with Gasteiger partial charge in [-0.15, -0.1) is 12.6 Å². The van der Waals surface area contributed by atoms with Crippen LogP contribution < -0.4 is 0 Å². The lowest BCUT2D eigenvalue weighted by atomic mass is 10.0. The summed E-state index contributed by atoms with van der Waals surface area (Å²) in [7, 11) is 0. The summed E-state index contributed by atoms with van der Waals surface area (Å²) < 4.78 is 0. The zero-order valence-electron chi connectivity index (χ0n) is 8.42. The van der Waals surface area contributed by atoms with Crippen LogP contribution in [0.1, 0.15) is 15.9 Å². The third kappa shape index (κ3) is 2.09. The number of phenols is 1. The standard InChI is InChI=1S/C13H10O2S/c14-11-7-6-10(8-12(11)16)13(15)9-4-2-1-3-5-9/h1-8,14,16H. The van der Waals surface area contributed by atoms with Crippen molar-refractivity contribution in [2.75, 3.05) is 0 Å². The third-order valence-electron chi connectivity index (χ3n) is 2.27. The Morgan fingerprint density at radius 1 is 1.00 bits per heavy atom. The molecule has 0 spiro atoms. The van der Waals surface area contributed by atoms with Crippen molar-refractivity contribution in [2.24, 2.45) is 0 Å². The number of benzene rings is 2. The SMILES string of the molecule is O=C(c1ccccc1)c1ccc(O)c(S)c1. The van der Waals surface area contributed by atoms with Crippen LogP contribution in [0.4, 0.5) is 0 Å². The fourth-order valence-corrected chi connectivity index (χ4v) is 1.63. The van der Waals surface area contributed by atoms with E-state index in [1.807, 2.05) is 18.2 Å². The molecule has 80 valence electrons. The third-order valence-corrected chi connectivity index (χ3v) is 2.63. The Balaban J connectivity index is 2.39. The molecular formula is C13H10O2S. The maximum absolute atomic E-state index is 12.0. The molecule has 2 nitrogen and oxygen atoms in total. The average Bonchev–Trinajstić information content (AvgIpc) is 2.33. The fourth-order valence-electron chi connectivity index (χ4n) is 1.42. The first kappa shape index (κ1) is 10.8. The van der Waals surface area contributed by atoms with Crippen LogP contribution in [0.5, 0.6) is 5.75 Å².